The molecular weight excluding hydrogens is 298 g/mol. The maximum Gasteiger partial charge on any atom is 0.336 e. The van der Waals surface area contributed by atoms with E-state index in [0.29, 0.717) is 19.6 Å². The molecule has 1 saturated heterocycles. The average molecular weight is 330 g/mol. The van der Waals surface area contributed by atoms with E-state index in [1.165, 1.54) is 0 Å². The van der Waals surface area contributed by atoms with Crippen molar-refractivity contribution in [3.05, 3.63) is 0 Å². The van der Waals surface area contributed by atoms with Gasteiger partial charge >= 0.3 is 5.97 Å². The van der Waals surface area contributed by atoms with E-state index in [-0.39, 0.29) is 11.3 Å². The summed E-state index contributed by atoms with van der Waals surface area (Å²) in [6, 6.07) is 0. The van der Waals surface area contributed by atoms with Crippen molar-refractivity contribution in [1.29, 1.82) is 0 Å². The second-order valence-corrected chi connectivity index (χ2v) is 9.82. The fraction of sp³-hybridized carbons (Fsp3) is 0.875. The van der Waals surface area contributed by atoms with Gasteiger partial charge in [0.1, 0.15) is 0 Å². The van der Waals surface area contributed by atoms with Crippen LogP contribution in [-0.2, 0) is 18.9 Å². The first-order chi connectivity index (χ1) is 10.2. The molecule has 0 aromatic rings. The largest absolute Gasteiger partial charge is 0.464 e. The van der Waals surface area contributed by atoms with Gasteiger partial charge in [-0.3, -0.25) is 0 Å². The lowest BCUT2D eigenvalue weighted by Crippen LogP contribution is -2.54. The van der Waals surface area contributed by atoms with Crippen LogP contribution in [0.25, 0.3) is 0 Å². The van der Waals surface area contributed by atoms with Crippen LogP contribution >= 0.6 is 0 Å². The third-order valence-corrected chi connectivity index (χ3v) is 4.91. The molecule has 22 heavy (non-hydrogen) atoms. The molecule has 0 saturated carbocycles. The van der Waals surface area contributed by atoms with Gasteiger partial charge in [-0.15, -0.1) is 0 Å². The van der Waals surface area contributed by atoms with Crippen molar-refractivity contribution in [3.8, 4) is 0 Å². The first-order valence-corrected chi connectivity index (χ1v) is 11.0. The Morgan fingerprint density at radius 2 is 2.05 bits per heavy atom. The molecule has 6 heteroatoms. The van der Waals surface area contributed by atoms with Crippen molar-refractivity contribution >= 4 is 21.3 Å². The molecule has 1 aliphatic rings. The number of ether oxygens (including phenoxy) is 1. The number of aldehydes is 1. The number of unbranched alkanes of at least 4 members (excludes halogenated alkanes) is 1. The van der Waals surface area contributed by atoms with Crippen LogP contribution in [0.3, 0.4) is 0 Å². The molecule has 1 rings (SSSR count). The van der Waals surface area contributed by atoms with E-state index in [2.05, 4.69) is 20.8 Å². The molecule has 128 valence electrons. The van der Waals surface area contributed by atoms with E-state index in [1.54, 1.807) is 5.06 Å². The highest BCUT2D eigenvalue weighted by molar-refractivity contribution is 6.48. The number of nitrogens with zero attached hydrogens (tertiary/aromatic N) is 1. The SMILES string of the molecule is CCCCOC(=O)[C@@]1(C=O)CC(C(C)(C)C)CN1O[SiH](C)C. The van der Waals surface area contributed by atoms with Gasteiger partial charge in [-0.25, -0.2) is 4.79 Å². The van der Waals surface area contributed by atoms with Crippen LogP contribution in [0.4, 0.5) is 0 Å². The molecule has 2 atom stereocenters. The van der Waals surface area contributed by atoms with Gasteiger partial charge in [-0.2, -0.15) is 5.06 Å². The standard InChI is InChI=1S/C16H31NO4Si/c1-7-8-9-20-14(19)16(12-18)10-13(15(2,3)4)11-17(16)21-22(5)6/h12-13,22H,7-11H2,1-6H3/t13?,16-/m0/s1. The summed E-state index contributed by atoms with van der Waals surface area (Å²) in [6.07, 6.45) is 2.95. The zero-order valence-electron chi connectivity index (χ0n) is 14.8. The van der Waals surface area contributed by atoms with Gasteiger partial charge in [0.2, 0.25) is 0 Å². The van der Waals surface area contributed by atoms with Crippen molar-refractivity contribution in [1.82, 2.24) is 5.06 Å². The molecule has 0 aromatic heterocycles. The Morgan fingerprint density at radius 3 is 2.50 bits per heavy atom. The number of esters is 1. The molecule has 0 amide bonds. The van der Waals surface area contributed by atoms with E-state index in [4.69, 9.17) is 9.26 Å². The molecular formula is C16H31NO4Si. The summed E-state index contributed by atoms with van der Waals surface area (Å²) >= 11 is 0. The molecule has 0 aliphatic carbocycles. The predicted molar refractivity (Wildman–Crippen MR) is 88.9 cm³/mol. The number of carbonyl (C=O) groups is 2. The fourth-order valence-corrected chi connectivity index (χ4v) is 3.43. The minimum atomic E-state index is -1.42. The molecule has 1 unspecified atom stereocenters. The van der Waals surface area contributed by atoms with Crippen LogP contribution in [0.2, 0.25) is 13.1 Å². The topological polar surface area (TPSA) is 55.8 Å². The molecule has 0 aromatic carbocycles. The molecule has 0 radical (unpaired) electrons. The quantitative estimate of drug-likeness (QED) is 0.236. The summed E-state index contributed by atoms with van der Waals surface area (Å²) in [4.78, 5) is 24.4. The highest BCUT2D eigenvalue weighted by Crippen LogP contribution is 2.42. The fourth-order valence-electron chi connectivity index (χ4n) is 2.65. The normalized spacial score (nSPS) is 26.4. The van der Waals surface area contributed by atoms with Gasteiger partial charge in [0.05, 0.1) is 6.61 Å². The van der Waals surface area contributed by atoms with Crippen molar-refractivity contribution in [3.63, 3.8) is 0 Å². The van der Waals surface area contributed by atoms with Crippen LogP contribution in [0.1, 0.15) is 47.0 Å². The molecule has 1 fully saturated rings. The van der Waals surface area contributed by atoms with E-state index >= 15 is 0 Å². The number of rotatable bonds is 7. The molecule has 5 nitrogen and oxygen atoms in total. The Hall–Kier alpha value is -0.723. The van der Waals surface area contributed by atoms with Crippen LogP contribution in [-0.4, -0.2) is 45.0 Å². The molecule has 0 N–H and O–H groups in total. The summed E-state index contributed by atoms with van der Waals surface area (Å²) in [5, 5.41) is 1.61. The van der Waals surface area contributed by atoms with Gasteiger partial charge in [-0.1, -0.05) is 34.1 Å². The van der Waals surface area contributed by atoms with Crippen molar-refractivity contribution in [2.24, 2.45) is 11.3 Å². The Morgan fingerprint density at radius 1 is 1.41 bits per heavy atom. The molecule has 1 heterocycles. The minimum Gasteiger partial charge on any atom is -0.464 e. The van der Waals surface area contributed by atoms with E-state index in [1.807, 2.05) is 20.0 Å². The second-order valence-electron chi connectivity index (χ2n) is 7.51. The Bertz CT molecular complexity index is 394. The summed E-state index contributed by atoms with van der Waals surface area (Å²) in [5.74, 6) is -0.249. The maximum absolute atomic E-state index is 12.6. The number of carbonyl (C=O) groups excluding carboxylic acids is 2. The smallest absolute Gasteiger partial charge is 0.336 e. The van der Waals surface area contributed by atoms with Crippen molar-refractivity contribution in [2.75, 3.05) is 13.2 Å². The third-order valence-electron chi connectivity index (χ3n) is 4.23. The van der Waals surface area contributed by atoms with Gasteiger partial charge in [0.25, 0.3) is 0 Å². The van der Waals surface area contributed by atoms with E-state index in [0.717, 1.165) is 19.1 Å². The first-order valence-electron chi connectivity index (χ1n) is 8.25. The number of hydrogen-bond acceptors (Lipinski definition) is 5. The second kappa shape index (κ2) is 7.70. The summed E-state index contributed by atoms with van der Waals surface area (Å²) in [5.41, 5.74) is -1.27. The number of hydroxylamine groups is 2. The lowest BCUT2D eigenvalue weighted by Gasteiger charge is -2.32. The lowest BCUT2D eigenvalue weighted by atomic mass is 9.77. The molecule has 0 bridgehead atoms. The van der Waals surface area contributed by atoms with Crippen LogP contribution in [0.5, 0.6) is 0 Å². The van der Waals surface area contributed by atoms with E-state index in [9.17, 15) is 9.59 Å². The number of hydrogen-bond donors (Lipinski definition) is 0. The third kappa shape index (κ3) is 4.40. The van der Waals surface area contributed by atoms with Crippen LogP contribution < -0.4 is 0 Å². The maximum atomic E-state index is 12.6. The van der Waals surface area contributed by atoms with Gasteiger partial charge in [-0.05, 0) is 37.3 Å². The highest BCUT2D eigenvalue weighted by Gasteiger charge is 2.56. The summed E-state index contributed by atoms with van der Waals surface area (Å²) in [7, 11) is -1.42. The van der Waals surface area contributed by atoms with E-state index < -0.39 is 20.5 Å². The zero-order valence-corrected chi connectivity index (χ0v) is 16.0. The lowest BCUT2D eigenvalue weighted by molar-refractivity contribution is -0.180. The predicted octanol–water partition coefficient (Wildman–Crippen LogP) is 2.55. The highest BCUT2D eigenvalue weighted by atomic mass is 28.3. The molecule has 0 spiro atoms. The Kier molecular flexibility index (Phi) is 6.77. The Labute approximate surface area is 136 Å². The summed E-state index contributed by atoms with van der Waals surface area (Å²) in [6.45, 7) is 13.4. The van der Waals surface area contributed by atoms with Crippen LogP contribution in [0, 0.1) is 11.3 Å². The average Bonchev–Trinajstić information content (AvgIpc) is 2.78. The first kappa shape index (κ1) is 19.3. The molecule has 1 aliphatic heterocycles. The summed E-state index contributed by atoms with van der Waals surface area (Å²) < 4.78 is 11.3. The van der Waals surface area contributed by atoms with Gasteiger partial charge in [0.15, 0.2) is 20.9 Å². The van der Waals surface area contributed by atoms with Gasteiger partial charge < -0.3 is 14.1 Å². The monoisotopic (exact) mass is 329 g/mol. The van der Waals surface area contributed by atoms with Gasteiger partial charge in [0, 0.05) is 6.54 Å². The van der Waals surface area contributed by atoms with Crippen molar-refractivity contribution < 1.29 is 18.9 Å². The van der Waals surface area contributed by atoms with Crippen LogP contribution in [0.15, 0.2) is 0 Å². The van der Waals surface area contributed by atoms with Crippen molar-refractivity contribution in [2.45, 2.75) is 65.6 Å². The Balaban J connectivity index is 2.99. The zero-order chi connectivity index (χ0) is 17.0. The minimum absolute atomic E-state index is 0.00854.